The molecule has 0 aliphatic rings. The molecule has 2 rings (SSSR count). The third kappa shape index (κ3) is 4.36. The first-order chi connectivity index (χ1) is 12.4. The minimum absolute atomic E-state index is 0.00760. The highest BCUT2D eigenvalue weighted by Crippen LogP contribution is 2.25. The molecule has 0 aliphatic heterocycles. The maximum atomic E-state index is 12.4. The van der Waals surface area contributed by atoms with Gasteiger partial charge in [0.25, 0.3) is 11.5 Å². The van der Waals surface area contributed by atoms with Crippen molar-refractivity contribution in [2.45, 2.75) is 33.2 Å². The van der Waals surface area contributed by atoms with E-state index >= 15 is 0 Å². The highest BCUT2D eigenvalue weighted by molar-refractivity contribution is 5.92. The highest BCUT2D eigenvalue weighted by atomic mass is 16.4. The molecular formula is C19H23N3O4. The van der Waals surface area contributed by atoms with Crippen LogP contribution in [0.25, 0.3) is 0 Å². The summed E-state index contributed by atoms with van der Waals surface area (Å²) in [5, 5.41) is 16.2. The lowest BCUT2D eigenvalue weighted by molar-refractivity contribution is -0.149. The number of amides is 1. The molecule has 1 aromatic heterocycles. The van der Waals surface area contributed by atoms with Gasteiger partial charge in [0, 0.05) is 12.6 Å². The molecule has 7 nitrogen and oxygen atoms in total. The molecule has 0 spiro atoms. The largest absolute Gasteiger partial charge is 0.481 e. The summed E-state index contributed by atoms with van der Waals surface area (Å²) in [6.45, 7) is 3.82. The van der Waals surface area contributed by atoms with Crippen molar-refractivity contribution in [1.82, 2.24) is 15.1 Å². The van der Waals surface area contributed by atoms with Crippen molar-refractivity contribution in [2.24, 2.45) is 5.41 Å². The van der Waals surface area contributed by atoms with Gasteiger partial charge in [-0.15, -0.1) is 0 Å². The van der Waals surface area contributed by atoms with E-state index in [1.807, 2.05) is 30.3 Å². The van der Waals surface area contributed by atoms with Crippen molar-refractivity contribution in [3.63, 3.8) is 0 Å². The van der Waals surface area contributed by atoms with Crippen molar-refractivity contribution < 1.29 is 14.7 Å². The van der Waals surface area contributed by atoms with Crippen LogP contribution in [0.15, 0.2) is 47.3 Å². The quantitative estimate of drug-likeness (QED) is 0.751. The van der Waals surface area contributed by atoms with Crippen LogP contribution < -0.4 is 10.9 Å². The average Bonchev–Trinajstić information content (AvgIpc) is 2.65. The van der Waals surface area contributed by atoms with Gasteiger partial charge in [0.15, 0.2) is 0 Å². The maximum Gasteiger partial charge on any atom is 0.311 e. The number of carbonyl (C=O) groups excluding carboxylic acids is 1. The number of hydrogen-bond acceptors (Lipinski definition) is 4. The van der Waals surface area contributed by atoms with Crippen molar-refractivity contribution in [1.29, 1.82) is 0 Å². The fourth-order valence-corrected chi connectivity index (χ4v) is 2.66. The Hall–Kier alpha value is -2.96. The zero-order valence-corrected chi connectivity index (χ0v) is 14.9. The molecule has 0 atom stereocenters. The Morgan fingerprint density at radius 3 is 2.35 bits per heavy atom. The van der Waals surface area contributed by atoms with Crippen LogP contribution in [0.2, 0.25) is 0 Å². The Morgan fingerprint density at radius 1 is 1.12 bits per heavy atom. The number of nitrogens with zero attached hydrogens (tertiary/aromatic N) is 2. The summed E-state index contributed by atoms with van der Waals surface area (Å²) >= 11 is 0. The van der Waals surface area contributed by atoms with Crippen LogP contribution in [-0.4, -0.2) is 33.3 Å². The molecule has 7 heteroatoms. The first-order valence-corrected chi connectivity index (χ1v) is 8.55. The number of aliphatic carboxylic acids is 1. The van der Waals surface area contributed by atoms with Crippen LogP contribution in [0.3, 0.4) is 0 Å². The van der Waals surface area contributed by atoms with Gasteiger partial charge in [-0.1, -0.05) is 44.2 Å². The van der Waals surface area contributed by atoms with Gasteiger partial charge in [-0.2, -0.15) is 5.10 Å². The number of benzene rings is 1. The normalized spacial score (nSPS) is 11.2. The van der Waals surface area contributed by atoms with Gasteiger partial charge in [-0.05, 0) is 24.5 Å². The van der Waals surface area contributed by atoms with E-state index in [1.165, 1.54) is 16.8 Å². The Labute approximate surface area is 151 Å². The summed E-state index contributed by atoms with van der Waals surface area (Å²) < 4.78 is 1.22. The van der Waals surface area contributed by atoms with Gasteiger partial charge in [-0.3, -0.25) is 14.4 Å². The third-order valence-electron chi connectivity index (χ3n) is 4.67. The predicted molar refractivity (Wildman–Crippen MR) is 97.0 cm³/mol. The maximum absolute atomic E-state index is 12.4. The van der Waals surface area contributed by atoms with Gasteiger partial charge in [0.2, 0.25) is 0 Å². The van der Waals surface area contributed by atoms with Gasteiger partial charge >= 0.3 is 5.97 Å². The molecule has 0 radical (unpaired) electrons. The number of hydrogen-bond donors (Lipinski definition) is 2. The van der Waals surface area contributed by atoms with Crippen molar-refractivity contribution >= 4 is 11.9 Å². The molecule has 138 valence electrons. The zero-order chi connectivity index (χ0) is 19.2. The van der Waals surface area contributed by atoms with E-state index in [0.29, 0.717) is 12.8 Å². The number of carboxylic acid groups (broad SMARTS) is 1. The van der Waals surface area contributed by atoms with Crippen LogP contribution in [0.5, 0.6) is 0 Å². The lowest BCUT2D eigenvalue weighted by atomic mass is 9.82. The van der Waals surface area contributed by atoms with E-state index in [1.54, 1.807) is 13.8 Å². The minimum Gasteiger partial charge on any atom is -0.481 e. The topological polar surface area (TPSA) is 101 Å². The standard InChI is InChI=1S/C19H23N3O4/c1-3-19(4-2,18(25)26)13-20-17(24)15-10-11-16(23)22(21-15)12-14-8-6-5-7-9-14/h5-11H,3-4,12-13H2,1-2H3,(H,20,24)(H,25,26). The Kier molecular flexibility index (Phi) is 6.27. The van der Waals surface area contributed by atoms with Crippen LogP contribution in [0.1, 0.15) is 42.7 Å². The second-order valence-electron chi connectivity index (χ2n) is 6.18. The molecule has 2 aromatic rings. The van der Waals surface area contributed by atoms with Gasteiger partial charge in [-0.25, -0.2) is 4.68 Å². The van der Waals surface area contributed by atoms with E-state index < -0.39 is 17.3 Å². The smallest absolute Gasteiger partial charge is 0.311 e. The molecule has 1 amide bonds. The fraction of sp³-hybridized carbons (Fsp3) is 0.368. The van der Waals surface area contributed by atoms with Crippen molar-refractivity contribution in [3.8, 4) is 0 Å². The third-order valence-corrected chi connectivity index (χ3v) is 4.67. The monoisotopic (exact) mass is 357 g/mol. The SMILES string of the molecule is CCC(CC)(CNC(=O)c1ccc(=O)n(Cc2ccccc2)n1)C(=O)O. The first kappa shape index (κ1) is 19.4. The first-order valence-electron chi connectivity index (χ1n) is 8.55. The van der Waals surface area contributed by atoms with Crippen LogP contribution in [-0.2, 0) is 11.3 Å². The molecule has 0 aliphatic carbocycles. The van der Waals surface area contributed by atoms with Gasteiger partial charge in [0.1, 0.15) is 5.69 Å². The second-order valence-corrected chi connectivity index (χ2v) is 6.18. The van der Waals surface area contributed by atoms with Crippen molar-refractivity contribution in [3.05, 3.63) is 64.1 Å². The van der Waals surface area contributed by atoms with Crippen molar-refractivity contribution in [2.75, 3.05) is 6.54 Å². The molecule has 0 fully saturated rings. The Morgan fingerprint density at radius 2 is 1.77 bits per heavy atom. The summed E-state index contributed by atoms with van der Waals surface area (Å²) in [4.78, 5) is 35.9. The second kappa shape index (κ2) is 8.42. The number of nitrogens with one attached hydrogen (secondary N) is 1. The summed E-state index contributed by atoms with van der Waals surface area (Å²) in [5.74, 6) is -1.44. The number of aromatic nitrogens is 2. The molecule has 0 unspecified atom stereocenters. The summed E-state index contributed by atoms with van der Waals surface area (Å²) in [7, 11) is 0. The Balaban J connectivity index is 2.16. The molecule has 26 heavy (non-hydrogen) atoms. The fourth-order valence-electron chi connectivity index (χ4n) is 2.66. The summed E-state index contributed by atoms with van der Waals surface area (Å²) in [6, 6.07) is 12.0. The summed E-state index contributed by atoms with van der Waals surface area (Å²) in [6.07, 6.45) is 0.806. The lowest BCUT2D eigenvalue weighted by Crippen LogP contribution is -2.43. The highest BCUT2D eigenvalue weighted by Gasteiger charge is 2.35. The average molecular weight is 357 g/mol. The molecule has 0 saturated heterocycles. The van der Waals surface area contributed by atoms with E-state index in [-0.39, 0.29) is 24.3 Å². The predicted octanol–water partition coefficient (Wildman–Crippen LogP) is 1.91. The van der Waals surface area contributed by atoms with E-state index in [4.69, 9.17) is 0 Å². The van der Waals surface area contributed by atoms with Crippen LogP contribution in [0, 0.1) is 5.41 Å². The Bertz CT molecular complexity index is 826. The minimum atomic E-state index is -1.01. The molecule has 2 N–H and O–H groups in total. The molecule has 0 saturated carbocycles. The van der Waals surface area contributed by atoms with Crippen LogP contribution in [0.4, 0.5) is 0 Å². The number of carbonyl (C=O) groups is 2. The molecule has 1 aromatic carbocycles. The zero-order valence-electron chi connectivity index (χ0n) is 14.9. The molecule has 1 heterocycles. The lowest BCUT2D eigenvalue weighted by Gasteiger charge is -2.26. The van der Waals surface area contributed by atoms with Crippen LogP contribution >= 0.6 is 0 Å². The number of carboxylic acids is 1. The van der Waals surface area contributed by atoms with E-state index in [9.17, 15) is 19.5 Å². The molecular weight excluding hydrogens is 334 g/mol. The van der Waals surface area contributed by atoms with Gasteiger partial charge < -0.3 is 10.4 Å². The summed E-state index contributed by atoms with van der Waals surface area (Å²) in [5.41, 5.74) is -0.352. The van der Waals surface area contributed by atoms with Gasteiger partial charge in [0.05, 0.1) is 12.0 Å². The van der Waals surface area contributed by atoms with E-state index in [2.05, 4.69) is 10.4 Å². The van der Waals surface area contributed by atoms with E-state index in [0.717, 1.165) is 5.56 Å². The molecule has 0 bridgehead atoms. The number of rotatable bonds is 8.